The van der Waals surface area contributed by atoms with Crippen LogP contribution < -0.4 is 16.4 Å². The van der Waals surface area contributed by atoms with Crippen molar-refractivity contribution in [3.63, 3.8) is 0 Å². The van der Waals surface area contributed by atoms with Crippen molar-refractivity contribution in [2.75, 3.05) is 19.6 Å². The van der Waals surface area contributed by atoms with Gasteiger partial charge in [-0.15, -0.1) is 0 Å². The van der Waals surface area contributed by atoms with Gasteiger partial charge in [-0.3, -0.25) is 9.88 Å². The molecule has 1 aliphatic heterocycles. The number of nitrogens with two attached hydrogens (primary N) is 1. The lowest BCUT2D eigenvalue weighted by molar-refractivity contribution is 0.220. The highest BCUT2D eigenvalue weighted by Gasteiger charge is 2.29. The minimum atomic E-state index is -0.533. The third-order valence-corrected chi connectivity index (χ3v) is 7.01. The number of hydrogen-bond donors (Lipinski definition) is 3. The summed E-state index contributed by atoms with van der Waals surface area (Å²) >= 11 is 0. The summed E-state index contributed by atoms with van der Waals surface area (Å²) in [7, 11) is 0. The van der Waals surface area contributed by atoms with E-state index < -0.39 is 5.54 Å². The second-order valence-electron chi connectivity index (χ2n) is 10.4. The molecule has 1 atom stereocenters. The Morgan fingerprint density at radius 3 is 2.62 bits per heavy atom. The van der Waals surface area contributed by atoms with Crippen molar-refractivity contribution in [3.05, 3.63) is 108 Å². The van der Waals surface area contributed by atoms with Crippen molar-refractivity contribution in [3.8, 4) is 0 Å². The number of nitrogens with one attached hydrogen (secondary N) is 2. The lowest BCUT2D eigenvalue weighted by atomic mass is 9.78. The van der Waals surface area contributed by atoms with E-state index in [1.807, 2.05) is 37.5 Å². The molecule has 1 fully saturated rings. The van der Waals surface area contributed by atoms with Gasteiger partial charge in [0, 0.05) is 53.7 Å². The SMILES string of the molecule is C=C(/C=C\C(=C/C)NC(=C)C(=C)C1=CC(c2cncc(CN3CCCCC3)c2)=CCC1(C)N)NCCC. The summed E-state index contributed by atoms with van der Waals surface area (Å²) in [5, 5.41) is 6.68. The molecule has 2 heterocycles. The van der Waals surface area contributed by atoms with Crippen LogP contribution in [0.1, 0.15) is 64.0 Å². The smallest absolute Gasteiger partial charge is 0.0422 e. The van der Waals surface area contributed by atoms with Gasteiger partial charge in [0.1, 0.15) is 0 Å². The van der Waals surface area contributed by atoms with Gasteiger partial charge in [0.15, 0.2) is 0 Å². The Hall–Kier alpha value is -3.15. The van der Waals surface area contributed by atoms with Crippen molar-refractivity contribution in [2.45, 2.75) is 65.0 Å². The lowest BCUT2D eigenvalue weighted by Gasteiger charge is -2.33. The summed E-state index contributed by atoms with van der Waals surface area (Å²) in [5.41, 5.74) is 14.0. The zero-order valence-electron chi connectivity index (χ0n) is 23.1. The molecule has 0 bridgehead atoms. The van der Waals surface area contributed by atoms with Gasteiger partial charge < -0.3 is 16.4 Å². The van der Waals surface area contributed by atoms with Gasteiger partial charge in [-0.1, -0.05) is 45.2 Å². The van der Waals surface area contributed by atoms with Crippen LogP contribution in [0.15, 0.2) is 96.8 Å². The van der Waals surface area contributed by atoms with E-state index in [9.17, 15) is 0 Å². The summed E-state index contributed by atoms with van der Waals surface area (Å²) in [6, 6.07) is 2.26. The normalized spacial score (nSPS) is 20.8. The van der Waals surface area contributed by atoms with Gasteiger partial charge in [-0.25, -0.2) is 0 Å². The number of aromatic nitrogens is 1. The topological polar surface area (TPSA) is 66.2 Å². The van der Waals surface area contributed by atoms with Crippen LogP contribution >= 0.6 is 0 Å². The molecule has 1 unspecified atom stereocenters. The van der Waals surface area contributed by atoms with Gasteiger partial charge in [-0.05, 0) is 99.2 Å². The first kappa shape index (κ1) is 28.4. The molecule has 0 spiro atoms. The molecule has 5 nitrogen and oxygen atoms in total. The standard InChI is InChI=1S/C32H45N5/c1-7-16-35-24(3)12-13-30(8-2)36-26(5)25(4)31-20-28(14-15-32(31,6)33)29-19-27(21-34-22-29)23-37-17-10-9-11-18-37/h8,12-14,19-22,35-36H,3-5,7,9-11,15-18,23,33H2,1-2,6H3/b13-12-,30-8+. The zero-order chi connectivity index (χ0) is 26.8. The number of pyridine rings is 1. The van der Waals surface area contributed by atoms with Gasteiger partial charge >= 0.3 is 0 Å². The fraction of sp³-hybridized carbons (Fsp3) is 0.406. The van der Waals surface area contributed by atoms with Gasteiger partial charge in [0.2, 0.25) is 0 Å². The summed E-state index contributed by atoms with van der Waals surface area (Å²) in [6.07, 6.45) is 19.9. The number of piperidine rings is 1. The van der Waals surface area contributed by atoms with Crippen LogP contribution in [0.25, 0.3) is 5.57 Å². The van der Waals surface area contributed by atoms with E-state index in [2.05, 4.69) is 72.3 Å². The molecule has 2 aliphatic rings. The third kappa shape index (κ3) is 8.17. The van der Waals surface area contributed by atoms with Gasteiger partial charge in [0.05, 0.1) is 0 Å². The Labute approximate surface area is 224 Å². The van der Waals surface area contributed by atoms with E-state index in [4.69, 9.17) is 5.73 Å². The summed E-state index contributed by atoms with van der Waals surface area (Å²) in [4.78, 5) is 7.09. The molecule has 1 aromatic heterocycles. The first-order valence-electron chi connectivity index (χ1n) is 13.5. The van der Waals surface area contributed by atoms with Crippen LogP contribution in [-0.2, 0) is 6.54 Å². The van der Waals surface area contributed by atoms with Gasteiger partial charge in [-0.2, -0.15) is 0 Å². The number of nitrogens with zero attached hydrogens (tertiary/aromatic N) is 2. The highest BCUT2D eigenvalue weighted by Crippen LogP contribution is 2.36. The van der Waals surface area contributed by atoms with Crippen LogP contribution in [0.5, 0.6) is 0 Å². The molecular formula is C32H45N5. The van der Waals surface area contributed by atoms with Crippen molar-refractivity contribution in [1.82, 2.24) is 20.5 Å². The molecule has 0 amide bonds. The third-order valence-electron chi connectivity index (χ3n) is 7.01. The Balaban J connectivity index is 1.73. The predicted octanol–water partition coefficient (Wildman–Crippen LogP) is 6.13. The maximum absolute atomic E-state index is 6.75. The largest absolute Gasteiger partial charge is 0.386 e. The molecule has 0 saturated carbocycles. The Kier molecular flexibility index (Phi) is 10.3. The zero-order valence-corrected chi connectivity index (χ0v) is 23.1. The van der Waals surface area contributed by atoms with E-state index >= 15 is 0 Å². The van der Waals surface area contributed by atoms with Crippen molar-refractivity contribution in [1.29, 1.82) is 0 Å². The lowest BCUT2D eigenvalue weighted by Crippen LogP contribution is -2.40. The van der Waals surface area contributed by atoms with Crippen molar-refractivity contribution >= 4 is 5.57 Å². The summed E-state index contributed by atoms with van der Waals surface area (Å²) in [6.45, 7) is 23.1. The average Bonchev–Trinajstić information content (AvgIpc) is 2.89. The highest BCUT2D eigenvalue weighted by atomic mass is 15.1. The van der Waals surface area contributed by atoms with Crippen LogP contribution in [0, 0.1) is 0 Å². The first-order valence-corrected chi connectivity index (χ1v) is 13.5. The molecule has 4 N–H and O–H groups in total. The van der Waals surface area contributed by atoms with E-state index in [0.717, 1.165) is 65.3 Å². The fourth-order valence-corrected chi connectivity index (χ4v) is 4.71. The second-order valence-corrected chi connectivity index (χ2v) is 10.4. The van der Waals surface area contributed by atoms with Gasteiger partial charge in [0.25, 0.3) is 0 Å². The number of rotatable bonds is 12. The van der Waals surface area contributed by atoms with E-state index in [1.54, 1.807) is 0 Å². The van der Waals surface area contributed by atoms with Crippen LogP contribution in [0.3, 0.4) is 0 Å². The fourth-order valence-electron chi connectivity index (χ4n) is 4.71. The molecule has 198 valence electrons. The van der Waals surface area contributed by atoms with E-state index in [0.29, 0.717) is 0 Å². The van der Waals surface area contributed by atoms with Crippen molar-refractivity contribution in [2.24, 2.45) is 5.73 Å². The Morgan fingerprint density at radius 2 is 1.92 bits per heavy atom. The Morgan fingerprint density at radius 1 is 1.16 bits per heavy atom. The highest BCUT2D eigenvalue weighted by molar-refractivity contribution is 5.78. The quantitative estimate of drug-likeness (QED) is 0.302. The molecule has 3 rings (SSSR count). The van der Waals surface area contributed by atoms with E-state index in [1.165, 1.54) is 37.9 Å². The molecular weight excluding hydrogens is 454 g/mol. The molecule has 1 aliphatic carbocycles. The molecule has 37 heavy (non-hydrogen) atoms. The molecule has 0 radical (unpaired) electrons. The second kappa shape index (κ2) is 13.4. The number of hydrogen-bond acceptors (Lipinski definition) is 5. The monoisotopic (exact) mass is 499 g/mol. The maximum Gasteiger partial charge on any atom is 0.0422 e. The van der Waals surface area contributed by atoms with Crippen molar-refractivity contribution < 1.29 is 0 Å². The number of allylic oxidation sites excluding steroid dienone is 6. The van der Waals surface area contributed by atoms with Crippen LogP contribution in [0.2, 0.25) is 0 Å². The average molecular weight is 500 g/mol. The molecule has 1 aromatic rings. The minimum absolute atomic E-state index is 0.533. The maximum atomic E-state index is 6.75. The summed E-state index contributed by atoms with van der Waals surface area (Å²) in [5.74, 6) is 0. The molecule has 1 saturated heterocycles. The molecule has 5 heteroatoms. The first-order chi connectivity index (χ1) is 17.7. The molecule has 0 aromatic carbocycles. The Bertz CT molecular complexity index is 1110. The minimum Gasteiger partial charge on any atom is -0.386 e. The predicted molar refractivity (Wildman–Crippen MR) is 158 cm³/mol. The van der Waals surface area contributed by atoms with E-state index in [-0.39, 0.29) is 0 Å². The van der Waals surface area contributed by atoms with Crippen LogP contribution in [0.4, 0.5) is 0 Å². The number of likely N-dealkylation sites (tertiary alicyclic amines) is 1. The summed E-state index contributed by atoms with van der Waals surface area (Å²) < 4.78 is 0. The van der Waals surface area contributed by atoms with Crippen LogP contribution in [-0.4, -0.2) is 35.1 Å².